The molecule has 0 saturated heterocycles. The predicted octanol–water partition coefficient (Wildman–Crippen LogP) is 1.83. The molecule has 110 valence electrons. The Morgan fingerprint density at radius 1 is 1.38 bits per heavy atom. The van der Waals surface area contributed by atoms with E-state index >= 15 is 0 Å². The fraction of sp³-hybridized carbons (Fsp3) is 0.231. The molecular formula is C13H13N3O4S. The van der Waals surface area contributed by atoms with Gasteiger partial charge in [0.2, 0.25) is 0 Å². The highest BCUT2D eigenvalue weighted by Gasteiger charge is 2.12. The summed E-state index contributed by atoms with van der Waals surface area (Å²) in [6.45, 7) is 0.408. The number of nitrogens with zero attached hydrogens (tertiary/aromatic N) is 2. The highest BCUT2D eigenvalue weighted by molar-refractivity contribution is 7.13. The normalized spacial score (nSPS) is 10.3. The van der Waals surface area contributed by atoms with E-state index in [1.807, 2.05) is 0 Å². The molecule has 0 aliphatic carbocycles. The molecule has 21 heavy (non-hydrogen) atoms. The summed E-state index contributed by atoms with van der Waals surface area (Å²) in [4.78, 5) is 26.1. The lowest BCUT2D eigenvalue weighted by Gasteiger charge is -2.00. The Kier molecular flexibility index (Phi) is 4.96. The summed E-state index contributed by atoms with van der Waals surface area (Å²) in [5, 5.41) is 24.1. The van der Waals surface area contributed by atoms with Gasteiger partial charge in [-0.1, -0.05) is 0 Å². The Morgan fingerprint density at radius 2 is 2.10 bits per heavy atom. The zero-order valence-electron chi connectivity index (χ0n) is 11.0. The van der Waals surface area contributed by atoms with E-state index in [2.05, 4.69) is 10.3 Å². The maximum absolute atomic E-state index is 11.8. The number of aliphatic hydroxyl groups is 1. The van der Waals surface area contributed by atoms with Crippen LogP contribution in [-0.4, -0.2) is 34.1 Å². The van der Waals surface area contributed by atoms with E-state index in [4.69, 9.17) is 5.11 Å². The van der Waals surface area contributed by atoms with E-state index < -0.39 is 4.92 Å². The largest absolute Gasteiger partial charge is 0.396 e. The molecule has 1 aromatic carbocycles. The van der Waals surface area contributed by atoms with Crippen molar-refractivity contribution in [3.63, 3.8) is 0 Å². The maximum atomic E-state index is 11.8. The van der Waals surface area contributed by atoms with E-state index in [0.29, 0.717) is 23.7 Å². The second-order valence-electron chi connectivity index (χ2n) is 4.17. The molecule has 0 aliphatic heterocycles. The molecule has 0 aliphatic rings. The molecule has 1 heterocycles. The third-order valence-electron chi connectivity index (χ3n) is 2.68. The van der Waals surface area contributed by atoms with E-state index in [0.717, 1.165) is 5.56 Å². The number of aromatic nitrogens is 1. The van der Waals surface area contributed by atoms with Gasteiger partial charge in [-0.05, 0) is 18.6 Å². The van der Waals surface area contributed by atoms with Gasteiger partial charge in [0.15, 0.2) is 0 Å². The minimum Gasteiger partial charge on any atom is -0.396 e. The Bertz CT molecular complexity index is 639. The van der Waals surface area contributed by atoms with Crippen LogP contribution in [0.2, 0.25) is 0 Å². The smallest absolute Gasteiger partial charge is 0.270 e. The lowest BCUT2D eigenvalue weighted by molar-refractivity contribution is -0.384. The van der Waals surface area contributed by atoms with Gasteiger partial charge in [0.1, 0.15) is 10.7 Å². The molecule has 8 heteroatoms. The van der Waals surface area contributed by atoms with Crippen LogP contribution in [0, 0.1) is 10.1 Å². The summed E-state index contributed by atoms with van der Waals surface area (Å²) in [7, 11) is 0. The third-order valence-corrected chi connectivity index (χ3v) is 3.57. The average molecular weight is 307 g/mol. The van der Waals surface area contributed by atoms with Crippen molar-refractivity contribution in [1.29, 1.82) is 0 Å². The highest BCUT2D eigenvalue weighted by Crippen LogP contribution is 2.25. The summed E-state index contributed by atoms with van der Waals surface area (Å²) in [5.74, 6) is -0.298. The fourth-order valence-corrected chi connectivity index (χ4v) is 2.41. The van der Waals surface area contributed by atoms with Crippen LogP contribution >= 0.6 is 11.3 Å². The highest BCUT2D eigenvalue weighted by atomic mass is 32.1. The topological polar surface area (TPSA) is 105 Å². The molecule has 2 N–H and O–H groups in total. The van der Waals surface area contributed by atoms with Crippen LogP contribution < -0.4 is 5.32 Å². The molecule has 7 nitrogen and oxygen atoms in total. The van der Waals surface area contributed by atoms with E-state index in [1.165, 1.54) is 23.5 Å². The van der Waals surface area contributed by atoms with Crippen LogP contribution in [0.25, 0.3) is 10.6 Å². The number of benzene rings is 1. The van der Waals surface area contributed by atoms with Crippen LogP contribution in [0.1, 0.15) is 16.9 Å². The van der Waals surface area contributed by atoms with E-state index in [-0.39, 0.29) is 18.2 Å². The van der Waals surface area contributed by atoms with Crippen LogP contribution in [0.3, 0.4) is 0 Å². The Morgan fingerprint density at radius 3 is 2.71 bits per heavy atom. The lowest BCUT2D eigenvalue weighted by atomic mass is 10.2. The summed E-state index contributed by atoms with van der Waals surface area (Å²) < 4.78 is 0. The Hall–Kier alpha value is -2.32. The molecule has 0 radical (unpaired) electrons. The fourth-order valence-electron chi connectivity index (χ4n) is 1.61. The first kappa shape index (κ1) is 15.1. The van der Waals surface area contributed by atoms with Crippen LogP contribution in [-0.2, 0) is 0 Å². The predicted molar refractivity (Wildman–Crippen MR) is 78.2 cm³/mol. The number of thiazole rings is 1. The first-order chi connectivity index (χ1) is 10.1. The SMILES string of the molecule is O=C(NCCCO)c1csc(-c2ccc([N+](=O)[O-])cc2)n1. The van der Waals surface area contributed by atoms with E-state index in [9.17, 15) is 14.9 Å². The number of nitrogens with one attached hydrogen (secondary N) is 1. The molecule has 1 amide bonds. The van der Waals surface area contributed by atoms with Crippen molar-refractivity contribution in [2.75, 3.05) is 13.2 Å². The van der Waals surface area contributed by atoms with Gasteiger partial charge in [0.25, 0.3) is 11.6 Å². The molecule has 1 aromatic heterocycles. The number of nitro benzene ring substituents is 1. The number of rotatable bonds is 6. The monoisotopic (exact) mass is 307 g/mol. The van der Waals surface area contributed by atoms with Gasteiger partial charge in [0, 0.05) is 36.2 Å². The summed E-state index contributed by atoms with van der Waals surface area (Å²) in [5.41, 5.74) is 1.03. The Balaban J connectivity index is 2.08. The molecule has 2 rings (SSSR count). The van der Waals surface area contributed by atoms with Crippen molar-refractivity contribution < 1.29 is 14.8 Å². The van der Waals surface area contributed by atoms with Crippen LogP contribution in [0.5, 0.6) is 0 Å². The average Bonchev–Trinajstić information content (AvgIpc) is 2.97. The Labute approximate surface area is 124 Å². The lowest BCUT2D eigenvalue weighted by Crippen LogP contribution is -2.25. The van der Waals surface area contributed by atoms with Gasteiger partial charge < -0.3 is 10.4 Å². The zero-order valence-corrected chi connectivity index (χ0v) is 11.8. The number of nitro groups is 1. The van der Waals surface area contributed by atoms with Crippen molar-refractivity contribution in [3.8, 4) is 10.6 Å². The molecule has 0 atom stereocenters. The molecular weight excluding hydrogens is 294 g/mol. The van der Waals surface area contributed by atoms with Crippen LogP contribution in [0.15, 0.2) is 29.6 Å². The number of non-ortho nitro benzene ring substituents is 1. The number of hydrogen-bond acceptors (Lipinski definition) is 6. The standard InChI is InChI=1S/C13H13N3O4S/c17-7-1-6-14-12(18)11-8-21-13(15-11)9-2-4-10(5-3-9)16(19)20/h2-5,8,17H,1,6-7H2,(H,14,18). The first-order valence-corrected chi connectivity index (χ1v) is 7.09. The quantitative estimate of drug-likeness (QED) is 0.481. The molecule has 0 unspecified atom stereocenters. The van der Waals surface area contributed by atoms with Crippen LogP contribution in [0.4, 0.5) is 5.69 Å². The van der Waals surface area contributed by atoms with Crippen molar-refractivity contribution in [1.82, 2.24) is 10.3 Å². The van der Waals surface area contributed by atoms with Gasteiger partial charge in [-0.2, -0.15) is 0 Å². The number of hydrogen-bond donors (Lipinski definition) is 2. The van der Waals surface area contributed by atoms with Gasteiger partial charge in [-0.3, -0.25) is 14.9 Å². The summed E-state index contributed by atoms with van der Waals surface area (Å²) >= 11 is 1.29. The minimum atomic E-state index is -0.467. The van der Waals surface area contributed by atoms with Gasteiger partial charge in [0.05, 0.1) is 4.92 Å². The van der Waals surface area contributed by atoms with Gasteiger partial charge >= 0.3 is 0 Å². The second kappa shape index (κ2) is 6.91. The first-order valence-electron chi connectivity index (χ1n) is 6.21. The summed E-state index contributed by atoms with van der Waals surface area (Å²) in [6, 6.07) is 6.00. The number of carbonyl (C=O) groups is 1. The molecule has 0 fully saturated rings. The third kappa shape index (κ3) is 3.83. The van der Waals surface area contributed by atoms with Gasteiger partial charge in [-0.25, -0.2) is 4.98 Å². The van der Waals surface area contributed by atoms with Crippen molar-refractivity contribution >= 4 is 22.9 Å². The second-order valence-corrected chi connectivity index (χ2v) is 5.03. The van der Waals surface area contributed by atoms with Crippen molar-refractivity contribution in [3.05, 3.63) is 45.5 Å². The molecule has 0 saturated carbocycles. The van der Waals surface area contributed by atoms with E-state index in [1.54, 1.807) is 17.5 Å². The number of aliphatic hydroxyl groups excluding tert-OH is 1. The zero-order chi connectivity index (χ0) is 15.2. The molecule has 2 aromatic rings. The molecule has 0 bridgehead atoms. The number of amides is 1. The summed E-state index contributed by atoms with van der Waals surface area (Å²) in [6.07, 6.45) is 0.491. The van der Waals surface area contributed by atoms with Crippen molar-refractivity contribution in [2.45, 2.75) is 6.42 Å². The number of carbonyl (C=O) groups excluding carboxylic acids is 1. The molecule has 0 spiro atoms. The van der Waals surface area contributed by atoms with Crippen molar-refractivity contribution in [2.24, 2.45) is 0 Å². The van der Waals surface area contributed by atoms with Gasteiger partial charge in [-0.15, -0.1) is 11.3 Å². The maximum Gasteiger partial charge on any atom is 0.270 e. The minimum absolute atomic E-state index is 0.0114.